The van der Waals surface area contributed by atoms with E-state index in [4.69, 9.17) is 0 Å². The van der Waals surface area contributed by atoms with E-state index in [0.717, 1.165) is 23.9 Å². The van der Waals surface area contributed by atoms with Crippen LogP contribution in [0.3, 0.4) is 0 Å². The van der Waals surface area contributed by atoms with Crippen molar-refractivity contribution in [2.24, 2.45) is 0 Å². The highest BCUT2D eigenvalue weighted by Crippen LogP contribution is 2.29. The van der Waals surface area contributed by atoms with E-state index in [1.54, 1.807) is 23.1 Å². The number of rotatable bonds is 5. The first-order valence-corrected chi connectivity index (χ1v) is 8.02. The van der Waals surface area contributed by atoms with Gasteiger partial charge in [-0.3, -0.25) is 4.79 Å². The van der Waals surface area contributed by atoms with Crippen molar-refractivity contribution in [2.45, 2.75) is 44.7 Å². The summed E-state index contributed by atoms with van der Waals surface area (Å²) >= 11 is 0. The van der Waals surface area contributed by atoms with Crippen LogP contribution < -0.4 is 0 Å². The van der Waals surface area contributed by atoms with Crippen LogP contribution in [0.1, 0.15) is 37.1 Å². The second kappa shape index (κ2) is 7.02. The maximum atomic E-state index is 14.4. The molecule has 1 aromatic heterocycles. The number of aromatic nitrogens is 4. The van der Waals surface area contributed by atoms with Crippen LogP contribution in [-0.2, 0) is 23.8 Å². The molecule has 2 aromatic rings. The highest BCUT2D eigenvalue weighted by Gasteiger charge is 2.34. The van der Waals surface area contributed by atoms with Gasteiger partial charge < -0.3 is 4.90 Å². The van der Waals surface area contributed by atoms with E-state index in [0.29, 0.717) is 13.0 Å². The normalized spacial score (nSPS) is 16.2. The van der Waals surface area contributed by atoms with Crippen molar-refractivity contribution >= 4 is 5.91 Å². The summed E-state index contributed by atoms with van der Waals surface area (Å²) in [5.74, 6) is -2.79. The molecule has 1 aromatic carbocycles. The van der Waals surface area contributed by atoms with Crippen LogP contribution in [0.2, 0.25) is 0 Å². The van der Waals surface area contributed by atoms with Gasteiger partial charge in [0, 0.05) is 18.5 Å². The van der Waals surface area contributed by atoms with Gasteiger partial charge in [-0.15, -0.1) is 5.10 Å². The number of halogens is 2. The van der Waals surface area contributed by atoms with Crippen LogP contribution in [0.4, 0.5) is 8.78 Å². The fraction of sp³-hybridized carbons (Fsp3) is 0.500. The number of tetrazole rings is 1. The molecule has 0 bridgehead atoms. The van der Waals surface area contributed by atoms with Gasteiger partial charge >= 0.3 is 0 Å². The molecule has 128 valence electrons. The summed E-state index contributed by atoms with van der Waals surface area (Å²) in [6.07, 6.45) is 3.26. The Bertz CT molecular complexity index is 689. The molecule has 8 heteroatoms. The Morgan fingerprint density at radius 3 is 2.71 bits per heavy atom. The molecule has 1 aliphatic heterocycles. The fourth-order valence-electron chi connectivity index (χ4n) is 2.80. The van der Waals surface area contributed by atoms with Gasteiger partial charge in [0.1, 0.15) is 6.54 Å². The zero-order chi connectivity index (χ0) is 17.0. The maximum absolute atomic E-state index is 14.4. The van der Waals surface area contributed by atoms with Gasteiger partial charge in [0.2, 0.25) is 5.91 Å². The Kier molecular flexibility index (Phi) is 4.82. The predicted molar refractivity (Wildman–Crippen MR) is 82.0 cm³/mol. The third-order valence-corrected chi connectivity index (χ3v) is 4.15. The summed E-state index contributed by atoms with van der Waals surface area (Å²) in [5.41, 5.74) is -0.0858. The van der Waals surface area contributed by atoms with Gasteiger partial charge in [-0.05, 0) is 23.3 Å². The minimum Gasteiger partial charge on any atom is -0.335 e. The Hall–Kier alpha value is -2.38. The van der Waals surface area contributed by atoms with Crippen LogP contribution in [0, 0.1) is 0 Å². The number of likely N-dealkylation sites (tertiary alicyclic amines) is 1. The summed E-state index contributed by atoms with van der Waals surface area (Å²) in [5, 5.41) is 11.0. The van der Waals surface area contributed by atoms with Crippen LogP contribution in [0.5, 0.6) is 0 Å². The molecule has 24 heavy (non-hydrogen) atoms. The van der Waals surface area contributed by atoms with Gasteiger partial charge in [-0.25, -0.2) is 4.68 Å². The zero-order valence-corrected chi connectivity index (χ0v) is 13.2. The van der Waals surface area contributed by atoms with Gasteiger partial charge in [0.15, 0.2) is 5.82 Å². The number of carbonyl (C=O) groups excluding carboxylic acids is 1. The van der Waals surface area contributed by atoms with E-state index < -0.39 is 12.5 Å². The average molecular weight is 335 g/mol. The number of amides is 1. The highest BCUT2D eigenvalue weighted by atomic mass is 19.3. The van der Waals surface area contributed by atoms with E-state index >= 15 is 0 Å². The van der Waals surface area contributed by atoms with Crippen molar-refractivity contribution in [3.63, 3.8) is 0 Å². The van der Waals surface area contributed by atoms with E-state index in [2.05, 4.69) is 15.5 Å². The van der Waals surface area contributed by atoms with Crippen LogP contribution in [0.25, 0.3) is 0 Å². The SMILES string of the molecule is O=C1CCCCCN1Cc1nnnn1CC(F)(F)c1ccccc1. The molecule has 2 heterocycles. The molecule has 0 unspecified atom stereocenters. The standard InChI is InChI=1S/C16H19F2N5O/c17-16(18,13-7-3-1-4-8-13)12-23-14(19-20-21-23)11-22-10-6-2-5-9-15(22)24/h1,3-4,7-8H,2,5-6,9-12H2. The summed E-state index contributed by atoms with van der Waals surface area (Å²) in [4.78, 5) is 13.7. The van der Waals surface area contributed by atoms with Crippen molar-refractivity contribution in [1.29, 1.82) is 0 Å². The number of alkyl halides is 2. The lowest BCUT2D eigenvalue weighted by atomic mass is 10.1. The lowest BCUT2D eigenvalue weighted by molar-refractivity contribution is -0.131. The average Bonchev–Trinajstić information content (AvgIpc) is 2.89. The molecule has 0 saturated carbocycles. The van der Waals surface area contributed by atoms with Crippen LogP contribution in [0.15, 0.2) is 30.3 Å². The molecule has 1 saturated heterocycles. The summed E-state index contributed by atoms with van der Waals surface area (Å²) < 4.78 is 29.9. The first-order chi connectivity index (χ1) is 11.6. The second-order valence-electron chi connectivity index (χ2n) is 5.95. The molecule has 1 fully saturated rings. The van der Waals surface area contributed by atoms with Gasteiger partial charge in [-0.1, -0.05) is 36.8 Å². The topological polar surface area (TPSA) is 63.9 Å². The smallest absolute Gasteiger partial charge is 0.292 e. The molecule has 0 spiro atoms. The molecule has 1 amide bonds. The van der Waals surface area contributed by atoms with Gasteiger partial charge in [0.25, 0.3) is 5.92 Å². The molecular formula is C16H19F2N5O. The largest absolute Gasteiger partial charge is 0.335 e. The van der Waals surface area contributed by atoms with E-state index in [-0.39, 0.29) is 23.8 Å². The fourth-order valence-corrected chi connectivity index (χ4v) is 2.80. The van der Waals surface area contributed by atoms with E-state index in [1.807, 2.05) is 0 Å². The van der Waals surface area contributed by atoms with E-state index in [9.17, 15) is 13.6 Å². The van der Waals surface area contributed by atoms with E-state index in [1.165, 1.54) is 12.1 Å². The summed E-state index contributed by atoms with van der Waals surface area (Å²) in [7, 11) is 0. The molecule has 1 aliphatic rings. The quantitative estimate of drug-likeness (QED) is 0.841. The van der Waals surface area contributed by atoms with Gasteiger partial charge in [-0.2, -0.15) is 8.78 Å². The third-order valence-electron chi connectivity index (χ3n) is 4.15. The monoisotopic (exact) mass is 335 g/mol. The Labute approximate surface area is 138 Å². The molecule has 6 nitrogen and oxygen atoms in total. The van der Waals surface area contributed by atoms with Gasteiger partial charge in [0.05, 0.1) is 6.54 Å². The van der Waals surface area contributed by atoms with Crippen LogP contribution >= 0.6 is 0 Å². The third kappa shape index (κ3) is 3.74. The number of benzene rings is 1. The maximum Gasteiger partial charge on any atom is 0.292 e. The van der Waals surface area contributed by atoms with Crippen molar-refractivity contribution in [3.05, 3.63) is 41.7 Å². The van der Waals surface area contributed by atoms with Crippen molar-refractivity contribution in [1.82, 2.24) is 25.1 Å². The van der Waals surface area contributed by atoms with Crippen molar-refractivity contribution < 1.29 is 13.6 Å². The minimum absolute atomic E-state index is 0.0249. The Morgan fingerprint density at radius 1 is 1.12 bits per heavy atom. The molecule has 3 rings (SSSR count). The van der Waals surface area contributed by atoms with Crippen molar-refractivity contribution in [3.8, 4) is 0 Å². The first-order valence-electron chi connectivity index (χ1n) is 8.02. The summed E-state index contributed by atoms with van der Waals surface area (Å²) in [6, 6.07) is 7.58. The predicted octanol–water partition coefficient (Wildman–Crippen LogP) is 2.37. The number of hydrogen-bond donors (Lipinski definition) is 0. The lowest BCUT2D eigenvalue weighted by Crippen LogP contribution is -2.32. The van der Waals surface area contributed by atoms with Crippen LogP contribution in [-0.4, -0.2) is 37.6 Å². The lowest BCUT2D eigenvalue weighted by Gasteiger charge is -2.21. The number of hydrogen-bond acceptors (Lipinski definition) is 4. The Morgan fingerprint density at radius 2 is 1.92 bits per heavy atom. The molecule has 0 atom stereocenters. The molecular weight excluding hydrogens is 316 g/mol. The molecule has 0 aliphatic carbocycles. The second-order valence-corrected chi connectivity index (χ2v) is 5.95. The molecule has 0 radical (unpaired) electrons. The minimum atomic E-state index is -3.09. The first kappa shape index (κ1) is 16.5. The zero-order valence-electron chi connectivity index (χ0n) is 13.2. The molecule has 0 N–H and O–H groups in total. The number of nitrogens with zero attached hydrogens (tertiary/aromatic N) is 5. The summed E-state index contributed by atoms with van der Waals surface area (Å²) in [6.45, 7) is 0.124. The number of carbonyl (C=O) groups is 1. The Balaban J connectivity index is 1.74. The van der Waals surface area contributed by atoms with Crippen molar-refractivity contribution in [2.75, 3.05) is 6.54 Å². The highest BCUT2D eigenvalue weighted by molar-refractivity contribution is 5.76.